The number of nitrogens with zero attached hydrogens (tertiary/aromatic N) is 2. The fraction of sp³-hybridized carbons (Fsp3) is 0.769. The van der Waals surface area contributed by atoms with Crippen molar-refractivity contribution in [2.75, 3.05) is 26.2 Å². The Labute approximate surface area is 102 Å². The average molecular weight is 235 g/mol. The summed E-state index contributed by atoms with van der Waals surface area (Å²) >= 11 is 0. The van der Waals surface area contributed by atoms with Crippen LogP contribution in [0.1, 0.15) is 31.0 Å². The summed E-state index contributed by atoms with van der Waals surface area (Å²) in [6.45, 7) is 8.37. The Morgan fingerprint density at radius 3 is 3.06 bits per heavy atom. The normalized spacial score (nSPS) is 30.7. The summed E-state index contributed by atoms with van der Waals surface area (Å²) in [6, 6.07) is 0. The van der Waals surface area contributed by atoms with Crippen molar-refractivity contribution in [2.45, 2.75) is 32.3 Å². The van der Waals surface area contributed by atoms with E-state index in [1.807, 2.05) is 6.20 Å². The van der Waals surface area contributed by atoms with Crippen molar-refractivity contribution >= 4 is 0 Å². The van der Waals surface area contributed by atoms with Gasteiger partial charge in [0.2, 0.25) is 0 Å². The first kappa shape index (κ1) is 11.2. The second-order valence-electron chi connectivity index (χ2n) is 5.69. The molecule has 0 bridgehead atoms. The first-order valence-electron chi connectivity index (χ1n) is 6.54. The quantitative estimate of drug-likeness (QED) is 0.866. The molecule has 2 fully saturated rings. The number of aromatic amines is 1. The number of aryl methyl sites for hydroxylation is 1. The molecule has 1 atom stereocenters. The minimum atomic E-state index is -0.215. The van der Waals surface area contributed by atoms with Crippen LogP contribution < -0.4 is 0 Å². The molecule has 0 aromatic carbocycles. The van der Waals surface area contributed by atoms with E-state index >= 15 is 0 Å². The number of aromatic nitrogens is 2. The van der Waals surface area contributed by atoms with Crippen LogP contribution in [-0.2, 0) is 10.3 Å². The maximum Gasteiger partial charge on any atom is 0.119 e. The molecule has 1 saturated heterocycles. The Kier molecular flexibility index (Phi) is 2.71. The third-order valence-corrected chi connectivity index (χ3v) is 3.92. The van der Waals surface area contributed by atoms with Crippen LogP contribution in [0.15, 0.2) is 6.20 Å². The summed E-state index contributed by atoms with van der Waals surface area (Å²) in [4.78, 5) is 2.54. The molecule has 2 heterocycles. The summed E-state index contributed by atoms with van der Waals surface area (Å²) < 4.78 is 6.01. The molecule has 1 aromatic rings. The van der Waals surface area contributed by atoms with Gasteiger partial charge < -0.3 is 4.74 Å². The molecule has 2 aliphatic rings. The number of hydrogen-bond acceptors (Lipinski definition) is 3. The van der Waals surface area contributed by atoms with E-state index in [-0.39, 0.29) is 5.60 Å². The van der Waals surface area contributed by atoms with Crippen molar-refractivity contribution in [3.63, 3.8) is 0 Å². The summed E-state index contributed by atoms with van der Waals surface area (Å²) in [7, 11) is 0. The molecule has 1 N–H and O–H groups in total. The van der Waals surface area contributed by atoms with E-state index in [1.54, 1.807) is 0 Å². The molecular weight excluding hydrogens is 214 g/mol. The SMILES string of the molecule is Cc1cn[nH]c1[C@@]1(C)CN(CC2CC2)CCO1. The maximum atomic E-state index is 6.01. The number of rotatable bonds is 3. The van der Waals surface area contributed by atoms with Crippen LogP contribution >= 0.6 is 0 Å². The van der Waals surface area contributed by atoms with E-state index in [9.17, 15) is 0 Å². The Morgan fingerprint density at radius 1 is 1.59 bits per heavy atom. The lowest BCUT2D eigenvalue weighted by Crippen LogP contribution is -2.49. The molecule has 0 amide bonds. The van der Waals surface area contributed by atoms with Crippen LogP contribution in [0.4, 0.5) is 0 Å². The summed E-state index contributed by atoms with van der Waals surface area (Å²) in [6.07, 6.45) is 4.71. The van der Waals surface area contributed by atoms with Crippen molar-refractivity contribution in [2.24, 2.45) is 5.92 Å². The minimum Gasteiger partial charge on any atom is -0.366 e. The van der Waals surface area contributed by atoms with E-state index in [4.69, 9.17) is 4.74 Å². The zero-order valence-corrected chi connectivity index (χ0v) is 10.7. The topological polar surface area (TPSA) is 41.2 Å². The number of hydrogen-bond donors (Lipinski definition) is 1. The van der Waals surface area contributed by atoms with Crippen LogP contribution in [0.5, 0.6) is 0 Å². The average Bonchev–Trinajstić information content (AvgIpc) is 2.97. The summed E-state index contributed by atoms with van der Waals surface area (Å²) in [5, 5.41) is 7.22. The van der Waals surface area contributed by atoms with Crippen molar-refractivity contribution in [1.29, 1.82) is 0 Å². The molecule has 1 saturated carbocycles. The third kappa shape index (κ3) is 2.24. The van der Waals surface area contributed by atoms with Gasteiger partial charge in [-0.25, -0.2) is 0 Å². The van der Waals surface area contributed by atoms with Crippen LogP contribution in [0.25, 0.3) is 0 Å². The maximum absolute atomic E-state index is 6.01. The fourth-order valence-corrected chi connectivity index (χ4v) is 2.81. The van der Waals surface area contributed by atoms with Gasteiger partial charge in [-0.05, 0) is 38.2 Å². The summed E-state index contributed by atoms with van der Waals surface area (Å²) in [5.74, 6) is 0.945. The van der Waals surface area contributed by atoms with Crippen LogP contribution in [0, 0.1) is 12.8 Å². The first-order valence-corrected chi connectivity index (χ1v) is 6.54. The lowest BCUT2D eigenvalue weighted by molar-refractivity contribution is -0.106. The number of morpholine rings is 1. The monoisotopic (exact) mass is 235 g/mol. The largest absolute Gasteiger partial charge is 0.366 e. The molecule has 0 radical (unpaired) electrons. The molecule has 1 aromatic heterocycles. The van der Waals surface area contributed by atoms with Crippen LogP contribution in [0.2, 0.25) is 0 Å². The fourth-order valence-electron chi connectivity index (χ4n) is 2.81. The number of ether oxygens (including phenoxy) is 1. The van der Waals surface area contributed by atoms with Gasteiger partial charge in [-0.15, -0.1) is 0 Å². The van der Waals surface area contributed by atoms with Crippen molar-refractivity contribution in [1.82, 2.24) is 15.1 Å². The molecule has 0 spiro atoms. The van der Waals surface area contributed by atoms with Gasteiger partial charge in [-0.1, -0.05) is 0 Å². The highest BCUT2D eigenvalue weighted by molar-refractivity contribution is 5.22. The predicted molar refractivity (Wildman–Crippen MR) is 65.8 cm³/mol. The van der Waals surface area contributed by atoms with E-state index < -0.39 is 0 Å². The molecule has 3 rings (SSSR count). The van der Waals surface area contributed by atoms with Crippen molar-refractivity contribution < 1.29 is 4.74 Å². The molecule has 94 valence electrons. The Hall–Kier alpha value is -0.870. The van der Waals surface area contributed by atoms with Crippen LogP contribution in [-0.4, -0.2) is 41.3 Å². The van der Waals surface area contributed by atoms with E-state index in [0.29, 0.717) is 0 Å². The van der Waals surface area contributed by atoms with Gasteiger partial charge in [-0.2, -0.15) is 5.10 Å². The zero-order valence-electron chi connectivity index (χ0n) is 10.7. The molecule has 0 unspecified atom stereocenters. The highest BCUT2D eigenvalue weighted by atomic mass is 16.5. The lowest BCUT2D eigenvalue weighted by Gasteiger charge is -2.40. The number of nitrogens with one attached hydrogen (secondary N) is 1. The van der Waals surface area contributed by atoms with Gasteiger partial charge in [0, 0.05) is 19.6 Å². The zero-order chi connectivity index (χ0) is 11.9. The van der Waals surface area contributed by atoms with Gasteiger partial charge in [0.1, 0.15) is 5.60 Å². The van der Waals surface area contributed by atoms with Crippen molar-refractivity contribution in [3.8, 4) is 0 Å². The molecule has 1 aliphatic carbocycles. The Bertz CT molecular complexity index is 399. The first-order chi connectivity index (χ1) is 8.17. The second-order valence-corrected chi connectivity index (χ2v) is 5.69. The molecule has 1 aliphatic heterocycles. The highest BCUT2D eigenvalue weighted by Gasteiger charge is 2.37. The Balaban J connectivity index is 1.74. The van der Waals surface area contributed by atoms with Gasteiger partial charge in [0.15, 0.2) is 0 Å². The van der Waals surface area contributed by atoms with Gasteiger partial charge >= 0.3 is 0 Å². The van der Waals surface area contributed by atoms with Crippen molar-refractivity contribution in [3.05, 3.63) is 17.5 Å². The van der Waals surface area contributed by atoms with E-state index in [1.165, 1.54) is 24.9 Å². The molecular formula is C13H21N3O. The van der Waals surface area contributed by atoms with Gasteiger partial charge in [0.25, 0.3) is 0 Å². The van der Waals surface area contributed by atoms with Crippen LogP contribution in [0.3, 0.4) is 0 Å². The molecule has 17 heavy (non-hydrogen) atoms. The highest BCUT2D eigenvalue weighted by Crippen LogP contribution is 2.34. The lowest BCUT2D eigenvalue weighted by atomic mass is 9.97. The van der Waals surface area contributed by atoms with E-state index in [2.05, 4.69) is 28.9 Å². The second kappa shape index (κ2) is 4.10. The minimum absolute atomic E-state index is 0.215. The predicted octanol–water partition coefficient (Wildman–Crippen LogP) is 1.68. The molecule has 4 nitrogen and oxygen atoms in total. The third-order valence-electron chi connectivity index (χ3n) is 3.92. The molecule has 4 heteroatoms. The standard InChI is InChI=1S/C13H21N3O/c1-10-7-14-15-12(10)13(2)9-16(5-6-17-13)8-11-3-4-11/h7,11H,3-6,8-9H2,1-2H3,(H,14,15)/t13-/m1/s1. The summed E-state index contributed by atoms with van der Waals surface area (Å²) in [5.41, 5.74) is 2.12. The number of H-pyrrole nitrogens is 1. The Morgan fingerprint density at radius 2 is 2.41 bits per heavy atom. The van der Waals surface area contributed by atoms with Gasteiger partial charge in [-0.3, -0.25) is 10.00 Å². The van der Waals surface area contributed by atoms with E-state index in [0.717, 1.165) is 31.3 Å². The smallest absolute Gasteiger partial charge is 0.119 e. The van der Waals surface area contributed by atoms with Gasteiger partial charge in [0.05, 0.1) is 18.5 Å².